The number of aromatic nitrogens is 4. The molecule has 10 rings (SSSR count). The Morgan fingerprint density at radius 1 is 0.352 bits per heavy atom. The quantitative estimate of drug-likeness (QED) is 0.142. The average molecular weight is 703 g/mol. The zero-order chi connectivity index (χ0) is 36.5. The maximum absolute atomic E-state index is 10.6. The first-order valence-corrected chi connectivity index (χ1v) is 17.5. The molecule has 0 fully saturated rings. The van der Waals surface area contributed by atoms with Crippen LogP contribution in [-0.4, -0.2) is 39.5 Å². The lowest BCUT2D eigenvalue weighted by Gasteiger charge is -2.20. The minimum absolute atomic E-state index is 0.117. The average Bonchev–Trinajstić information content (AvgIpc) is 3.68. The highest BCUT2D eigenvalue weighted by atomic mass is 16.3. The van der Waals surface area contributed by atoms with E-state index in [2.05, 4.69) is 21.3 Å². The molecule has 0 radical (unpaired) electrons. The topological polar surface area (TPSA) is 117 Å². The van der Waals surface area contributed by atoms with Gasteiger partial charge in [0.05, 0.1) is 44.8 Å². The predicted molar refractivity (Wildman–Crippen MR) is 214 cm³/mol. The Balaban J connectivity index is 1.39. The van der Waals surface area contributed by atoms with Crippen LogP contribution in [0.1, 0.15) is 0 Å². The van der Waals surface area contributed by atoms with Gasteiger partial charge in [-0.3, -0.25) is 0 Å². The predicted octanol–water partition coefficient (Wildman–Crippen LogP) is 10.5. The molecular formula is C46H30N4O4. The maximum atomic E-state index is 10.6. The Kier molecular flexibility index (Phi) is 6.93. The van der Waals surface area contributed by atoms with E-state index in [0.29, 0.717) is 11.5 Å². The van der Waals surface area contributed by atoms with Crippen LogP contribution in [0.5, 0.6) is 23.0 Å². The molecule has 8 nitrogen and oxygen atoms in total. The molecule has 7 aromatic carbocycles. The van der Waals surface area contributed by atoms with Crippen LogP contribution in [0.15, 0.2) is 158 Å². The van der Waals surface area contributed by atoms with E-state index in [0.717, 1.165) is 77.4 Å². The highest BCUT2D eigenvalue weighted by Crippen LogP contribution is 2.44. The van der Waals surface area contributed by atoms with Crippen molar-refractivity contribution in [2.75, 3.05) is 0 Å². The van der Waals surface area contributed by atoms with E-state index < -0.39 is 0 Å². The number of benzene rings is 7. The van der Waals surface area contributed by atoms with Crippen molar-refractivity contribution >= 4 is 43.6 Å². The summed E-state index contributed by atoms with van der Waals surface area (Å²) in [6.07, 6.45) is 0. The fraction of sp³-hybridized carbons (Fsp3) is 0. The van der Waals surface area contributed by atoms with Crippen LogP contribution >= 0.6 is 0 Å². The van der Waals surface area contributed by atoms with Gasteiger partial charge in [-0.05, 0) is 91.0 Å². The number of rotatable bonds is 5. The maximum Gasteiger partial charge on any atom is 0.160 e. The van der Waals surface area contributed by atoms with E-state index >= 15 is 0 Å². The molecule has 0 aliphatic rings. The van der Waals surface area contributed by atoms with E-state index in [1.54, 1.807) is 48.5 Å². The Hall–Kier alpha value is -7.58. The fourth-order valence-electron chi connectivity index (χ4n) is 7.73. The van der Waals surface area contributed by atoms with Crippen molar-refractivity contribution in [1.82, 2.24) is 19.1 Å². The summed E-state index contributed by atoms with van der Waals surface area (Å²) < 4.78 is 4.28. The van der Waals surface area contributed by atoms with E-state index in [-0.39, 0.29) is 23.0 Å². The van der Waals surface area contributed by atoms with Gasteiger partial charge in [-0.25, -0.2) is 9.97 Å². The van der Waals surface area contributed by atoms with Gasteiger partial charge in [0.2, 0.25) is 0 Å². The molecule has 0 saturated heterocycles. The second-order valence-electron chi connectivity index (χ2n) is 13.3. The molecule has 0 saturated carbocycles. The van der Waals surface area contributed by atoms with Crippen molar-refractivity contribution in [2.24, 2.45) is 0 Å². The Morgan fingerprint density at radius 2 is 0.741 bits per heavy atom. The molecule has 0 spiro atoms. The SMILES string of the molecule is Oc1ccc2c(c1)c1cc(O)ccc1n2-c1cccc(-n2c3ccc(O)cc3c3cc(O)ccc32)c1-c1cc(-c2ccccc2)nc(-c2ccccc2)n1. The molecule has 8 heteroatoms. The number of phenolic OH excluding ortho intramolecular Hbond substituents is 4. The first kappa shape index (κ1) is 31.2. The van der Waals surface area contributed by atoms with Crippen LogP contribution in [-0.2, 0) is 0 Å². The van der Waals surface area contributed by atoms with Gasteiger partial charge in [-0.1, -0.05) is 66.7 Å². The zero-order valence-electron chi connectivity index (χ0n) is 28.6. The van der Waals surface area contributed by atoms with Crippen LogP contribution < -0.4 is 0 Å². The molecular weight excluding hydrogens is 673 g/mol. The van der Waals surface area contributed by atoms with Crippen molar-refractivity contribution in [3.8, 4) is 68.3 Å². The van der Waals surface area contributed by atoms with Gasteiger partial charge < -0.3 is 29.6 Å². The van der Waals surface area contributed by atoms with Crippen LogP contribution in [0, 0.1) is 0 Å². The lowest BCUT2D eigenvalue weighted by Crippen LogP contribution is -2.06. The molecule has 0 unspecified atom stereocenters. The Morgan fingerprint density at radius 3 is 1.17 bits per heavy atom. The van der Waals surface area contributed by atoms with Gasteiger partial charge in [0.25, 0.3) is 0 Å². The largest absolute Gasteiger partial charge is 0.508 e. The van der Waals surface area contributed by atoms with E-state index in [9.17, 15) is 20.4 Å². The van der Waals surface area contributed by atoms with Gasteiger partial charge in [0, 0.05) is 38.2 Å². The van der Waals surface area contributed by atoms with Gasteiger partial charge in [-0.2, -0.15) is 0 Å². The summed E-state index contributed by atoms with van der Waals surface area (Å²) in [6.45, 7) is 0. The van der Waals surface area contributed by atoms with Crippen molar-refractivity contribution in [3.63, 3.8) is 0 Å². The first-order valence-electron chi connectivity index (χ1n) is 17.5. The molecule has 258 valence electrons. The summed E-state index contributed by atoms with van der Waals surface area (Å²) in [5.41, 5.74) is 8.88. The van der Waals surface area contributed by atoms with E-state index in [4.69, 9.17) is 9.97 Å². The summed E-state index contributed by atoms with van der Waals surface area (Å²) in [5.74, 6) is 1.03. The minimum Gasteiger partial charge on any atom is -0.508 e. The molecule has 0 bridgehead atoms. The number of fused-ring (bicyclic) bond motifs is 6. The number of hydrogen-bond donors (Lipinski definition) is 4. The van der Waals surface area contributed by atoms with Crippen molar-refractivity contribution in [3.05, 3.63) is 158 Å². The summed E-state index contributed by atoms with van der Waals surface area (Å²) in [6, 6.07) is 49.1. The van der Waals surface area contributed by atoms with Crippen molar-refractivity contribution in [1.29, 1.82) is 0 Å². The highest BCUT2D eigenvalue weighted by Gasteiger charge is 2.24. The Bertz CT molecular complexity index is 2780. The third-order valence-corrected chi connectivity index (χ3v) is 10.1. The summed E-state index contributed by atoms with van der Waals surface area (Å²) in [5, 5.41) is 45.6. The number of hydrogen-bond acceptors (Lipinski definition) is 6. The molecule has 0 atom stereocenters. The molecule has 54 heavy (non-hydrogen) atoms. The van der Waals surface area contributed by atoms with E-state index in [1.165, 1.54) is 0 Å². The number of nitrogens with zero attached hydrogens (tertiary/aromatic N) is 4. The van der Waals surface area contributed by atoms with Crippen LogP contribution in [0.2, 0.25) is 0 Å². The second-order valence-corrected chi connectivity index (χ2v) is 13.3. The summed E-state index contributed by atoms with van der Waals surface area (Å²) in [7, 11) is 0. The van der Waals surface area contributed by atoms with Crippen LogP contribution in [0.25, 0.3) is 88.9 Å². The third-order valence-electron chi connectivity index (χ3n) is 10.1. The Labute approximate surface area is 308 Å². The molecule has 0 amide bonds. The minimum atomic E-state index is 0.117. The van der Waals surface area contributed by atoms with Crippen molar-refractivity contribution in [2.45, 2.75) is 0 Å². The fourth-order valence-corrected chi connectivity index (χ4v) is 7.73. The molecule has 0 aliphatic carbocycles. The summed E-state index contributed by atoms with van der Waals surface area (Å²) >= 11 is 0. The highest BCUT2D eigenvalue weighted by molar-refractivity contribution is 6.12. The van der Waals surface area contributed by atoms with E-state index in [1.807, 2.05) is 97.1 Å². The first-order chi connectivity index (χ1) is 26.4. The number of aromatic hydroxyl groups is 4. The molecule has 3 aromatic heterocycles. The van der Waals surface area contributed by atoms with Gasteiger partial charge in [0.15, 0.2) is 5.82 Å². The smallest absolute Gasteiger partial charge is 0.160 e. The molecule has 3 heterocycles. The van der Waals surface area contributed by atoms with Gasteiger partial charge >= 0.3 is 0 Å². The van der Waals surface area contributed by atoms with Gasteiger partial charge in [-0.15, -0.1) is 0 Å². The molecule has 0 aliphatic heterocycles. The molecule has 10 aromatic rings. The van der Waals surface area contributed by atoms with Gasteiger partial charge in [0.1, 0.15) is 23.0 Å². The van der Waals surface area contributed by atoms with Crippen LogP contribution in [0.3, 0.4) is 0 Å². The standard InChI is InChI=1S/C46H30N4O4/c51-29-14-18-39-33(22-29)34-23-30(52)15-19-40(34)49(39)43-12-7-13-44(50-41-20-16-31(53)24-35(41)36-25-32(54)17-21-42(36)50)45(43)38-26-37(27-8-3-1-4-9-27)47-46(48-38)28-10-5-2-6-11-28/h1-26,51-54H. The number of phenols is 4. The normalized spacial score (nSPS) is 11.6. The third kappa shape index (κ3) is 4.92. The molecule has 4 N–H and O–H groups in total. The summed E-state index contributed by atoms with van der Waals surface area (Å²) in [4.78, 5) is 10.4. The monoisotopic (exact) mass is 702 g/mol. The second kappa shape index (κ2) is 12.0. The lowest BCUT2D eigenvalue weighted by atomic mass is 10.0. The zero-order valence-corrected chi connectivity index (χ0v) is 28.6. The van der Waals surface area contributed by atoms with Crippen molar-refractivity contribution < 1.29 is 20.4 Å². The van der Waals surface area contributed by atoms with Crippen LogP contribution in [0.4, 0.5) is 0 Å². The lowest BCUT2D eigenvalue weighted by molar-refractivity contribution is 0.475.